The Morgan fingerprint density at radius 3 is 2.24 bits per heavy atom. The SMILES string of the molecule is CCOP(=O)(OCC)C(F)(F)c1ccc(CSC(C)Cc2ccccc2)cc1Br. The first-order valence-electron chi connectivity index (χ1n) is 9.45. The highest BCUT2D eigenvalue weighted by Gasteiger charge is 2.55. The van der Waals surface area contributed by atoms with Crippen LogP contribution in [-0.2, 0) is 31.4 Å². The minimum absolute atomic E-state index is 0.126. The minimum atomic E-state index is -4.62. The topological polar surface area (TPSA) is 35.5 Å². The molecular formula is C21H26BrF2O3PS. The van der Waals surface area contributed by atoms with Crippen molar-refractivity contribution in [3.05, 3.63) is 69.7 Å². The van der Waals surface area contributed by atoms with Gasteiger partial charge in [0.15, 0.2) is 0 Å². The molecule has 0 aliphatic rings. The molecule has 0 aromatic heterocycles. The summed E-state index contributed by atoms with van der Waals surface area (Å²) in [5.74, 6) is 0.688. The van der Waals surface area contributed by atoms with E-state index in [0.29, 0.717) is 11.0 Å². The summed E-state index contributed by atoms with van der Waals surface area (Å²) in [6.07, 6.45) is 0.939. The third-order valence-electron chi connectivity index (χ3n) is 4.20. The van der Waals surface area contributed by atoms with E-state index in [1.807, 2.05) is 18.2 Å². The monoisotopic (exact) mass is 506 g/mol. The molecule has 0 spiro atoms. The summed E-state index contributed by atoms with van der Waals surface area (Å²) in [6, 6.07) is 14.8. The molecule has 2 aromatic carbocycles. The first-order valence-corrected chi connectivity index (χ1v) is 12.8. The molecular weight excluding hydrogens is 481 g/mol. The lowest BCUT2D eigenvalue weighted by molar-refractivity contribution is 0.0354. The molecule has 0 saturated heterocycles. The third kappa shape index (κ3) is 6.38. The zero-order chi connectivity index (χ0) is 21.5. The van der Waals surface area contributed by atoms with Crippen molar-refractivity contribution in [1.82, 2.24) is 0 Å². The maximum Gasteiger partial charge on any atom is 0.404 e. The van der Waals surface area contributed by atoms with Gasteiger partial charge in [-0.05, 0) is 37.5 Å². The maximum absolute atomic E-state index is 15.0. The summed E-state index contributed by atoms with van der Waals surface area (Å²) in [7, 11) is -4.62. The average molecular weight is 507 g/mol. The average Bonchev–Trinajstić information content (AvgIpc) is 2.67. The number of rotatable bonds is 11. The molecule has 0 N–H and O–H groups in total. The van der Waals surface area contributed by atoms with Crippen LogP contribution in [0.15, 0.2) is 53.0 Å². The van der Waals surface area contributed by atoms with E-state index in [2.05, 4.69) is 35.0 Å². The van der Waals surface area contributed by atoms with Gasteiger partial charge in [0.1, 0.15) is 0 Å². The lowest BCUT2D eigenvalue weighted by Crippen LogP contribution is -2.19. The van der Waals surface area contributed by atoms with Crippen LogP contribution in [0.2, 0.25) is 0 Å². The second-order valence-corrected chi connectivity index (χ2v) is 10.9. The zero-order valence-electron chi connectivity index (χ0n) is 16.7. The standard InChI is InChI=1S/C21H26BrF2O3PS/c1-4-26-28(25,27-5-2)21(23,24)19-12-11-18(14-20(19)22)15-29-16(3)13-17-9-7-6-8-10-17/h6-12,14,16H,4-5,13,15H2,1-3H3. The Morgan fingerprint density at radius 1 is 1.07 bits per heavy atom. The molecule has 3 nitrogen and oxygen atoms in total. The van der Waals surface area contributed by atoms with Gasteiger partial charge in [-0.25, -0.2) is 0 Å². The van der Waals surface area contributed by atoms with Crippen LogP contribution in [0.1, 0.15) is 37.5 Å². The Labute approximate surface area is 184 Å². The van der Waals surface area contributed by atoms with Crippen LogP contribution in [0.5, 0.6) is 0 Å². The van der Waals surface area contributed by atoms with Crippen LogP contribution in [0.25, 0.3) is 0 Å². The van der Waals surface area contributed by atoms with E-state index in [4.69, 9.17) is 9.05 Å². The van der Waals surface area contributed by atoms with Gasteiger partial charge in [-0.1, -0.05) is 65.3 Å². The molecule has 8 heteroatoms. The highest BCUT2D eigenvalue weighted by atomic mass is 79.9. The smallest absolute Gasteiger partial charge is 0.304 e. The van der Waals surface area contributed by atoms with Crippen LogP contribution in [0, 0.1) is 0 Å². The number of alkyl halides is 2. The van der Waals surface area contributed by atoms with Gasteiger partial charge in [0.05, 0.1) is 13.2 Å². The van der Waals surface area contributed by atoms with Crippen molar-refractivity contribution in [2.75, 3.05) is 13.2 Å². The summed E-state index contributed by atoms with van der Waals surface area (Å²) in [5, 5.41) is 0.383. The lowest BCUT2D eigenvalue weighted by Gasteiger charge is -2.26. The van der Waals surface area contributed by atoms with Crippen LogP contribution in [0.4, 0.5) is 8.78 Å². The minimum Gasteiger partial charge on any atom is -0.304 e. The molecule has 2 aromatic rings. The van der Waals surface area contributed by atoms with E-state index in [1.165, 1.54) is 25.5 Å². The quantitative estimate of drug-likeness (QED) is 0.293. The van der Waals surface area contributed by atoms with Crippen molar-refractivity contribution in [2.45, 2.75) is 43.9 Å². The molecule has 0 fully saturated rings. The summed E-state index contributed by atoms with van der Waals surface area (Å²) in [4.78, 5) is 0. The van der Waals surface area contributed by atoms with Crippen LogP contribution >= 0.6 is 35.3 Å². The van der Waals surface area contributed by atoms with Crippen molar-refractivity contribution in [1.29, 1.82) is 0 Å². The number of thioether (sulfide) groups is 1. The van der Waals surface area contributed by atoms with E-state index >= 15 is 0 Å². The molecule has 0 aliphatic carbocycles. The predicted octanol–water partition coefficient (Wildman–Crippen LogP) is 7.63. The van der Waals surface area contributed by atoms with Gasteiger partial charge in [0.25, 0.3) is 0 Å². The highest BCUT2D eigenvalue weighted by molar-refractivity contribution is 9.10. The van der Waals surface area contributed by atoms with Crippen molar-refractivity contribution >= 4 is 35.3 Å². The summed E-state index contributed by atoms with van der Waals surface area (Å²) in [5.41, 5.74) is -1.96. The van der Waals surface area contributed by atoms with Gasteiger partial charge in [-0.15, -0.1) is 0 Å². The molecule has 0 aliphatic heterocycles. The molecule has 160 valence electrons. The maximum atomic E-state index is 15.0. The molecule has 1 unspecified atom stereocenters. The second-order valence-electron chi connectivity index (χ2n) is 6.50. The second kappa shape index (κ2) is 11.1. The van der Waals surface area contributed by atoms with Crippen LogP contribution in [0.3, 0.4) is 0 Å². The Balaban J connectivity index is 2.10. The van der Waals surface area contributed by atoms with Crippen molar-refractivity contribution < 1.29 is 22.4 Å². The number of hydrogen-bond acceptors (Lipinski definition) is 4. The first-order chi connectivity index (χ1) is 13.7. The van der Waals surface area contributed by atoms with E-state index in [9.17, 15) is 13.3 Å². The van der Waals surface area contributed by atoms with E-state index < -0.39 is 18.8 Å². The third-order valence-corrected chi connectivity index (χ3v) is 8.22. The van der Waals surface area contributed by atoms with Gasteiger partial charge >= 0.3 is 13.3 Å². The normalized spacial score (nSPS) is 13.4. The Bertz CT molecular complexity index is 826. The lowest BCUT2D eigenvalue weighted by atomic mass is 10.1. The number of hydrogen-bond donors (Lipinski definition) is 0. The first kappa shape index (κ1) is 24.5. The number of halogens is 3. The van der Waals surface area contributed by atoms with Crippen LogP contribution < -0.4 is 0 Å². The van der Waals surface area contributed by atoms with E-state index in [0.717, 1.165) is 12.0 Å². The molecule has 2 rings (SSSR count). The molecule has 0 saturated carbocycles. The number of benzene rings is 2. The van der Waals surface area contributed by atoms with E-state index in [-0.39, 0.29) is 17.7 Å². The molecule has 0 amide bonds. The molecule has 1 atom stereocenters. The van der Waals surface area contributed by atoms with E-state index in [1.54, 1.807) is 23.9 Å². The Hall–Kier alpha value is -0.720. The van der Waals surface area contributed by atoms with Gasteiger partial charge < -0.3 is 9.05 Å². The summed E-state index contributed by atoms with van der Waals surface area (Å²) >= 11 is 4.97. The van der Waals surface area contributed by atoms with Crippen molar-refractivity contribution in [3.63, 3.8) is 0 Å². The summed E-state index contributed by atoms with van der Waals surface area (Å²) in [6.45, 7) is 4.91. The largest absolute Gasteiger partial charge is 0.404 e. The van der Waals surface area contributed by atoms with Gasteiger partial charge in [0, 0.05) is 21.0 Å². The van der Waals surface area contributed by atoms with Gasteiger partial charge in [0.2, 0.25) is 0 Å². The zero-order valence-corrected chi connectivity index (χ0v) is 20.0. The highest BCUT2D eigenvalue weighted by Crippen LogP contribution is 2.67. The van der Waals surface area contributed by atoms with Crippen molar-refractivity contribution in [3.8, 4) is 0 Å². The fourth-order valence-electron chi connectivity index (χ4n) is 2.82. The van der Waals surface area contributed by atoms with Crippen LogP contribution in [-0.4, -0.2) is 18.5 Å². The molecule has 0 bridgehead atoms. The Kier molecular flexibility index (Phi) is 9.36. The van der Waals surface area contributed by atoms with Gasteiger partial charge in [-0.2, -0.15) is 20.5 Å². The van der Waals surface area contributed by atoms with Crippen molar-refractivity contribution in [2.24, 2.45) is 0 Å². The Morgan fingerprint density at radius 2 is 1.69 bits per heavy atom. The predicted molar refractivity (Wildman–Crippen MR) is 120 cm³/mol. The fourth-order valence-corrected chi connectivity index (χ4v) is 6.19. The molecule has 0 radical (unpaired) electrons. The van der Waals surface area contributed by atoms with Gasteiger partial charge in [-0.3, -0.25) is 4.57 Å². The molecule has 0 heterocycles. The molecule has 29 heavy (non-hydrogen) atoms. The fraction of sp³-hybridized carbons (Fsp3) is 0.429. The summed E-state index contributed by atoms with van der Waals surface area (Å²) < 4.78 is 52.5.